The molecule has 1 aliphatic rings. The summed E-state index contributed by atoms with van der Waals surface area (Å²) in [7, 11) is 0. The average molecular weight is 718 g/mol. The van der Waals surface area contributed by atoms with E-state index < -0.39 is 0 Å². The number of aryl methyl sites for hydroxylation is 4. The van der Waals surface area contributed by atoms with Crippen molar-refractivity contribution in [1.29, 1.82) is 0 Å². The van der Waals surface area contributed by atoms with E-state index in [-0.39, 0.29) is 0 Å². The van der Waals surface area contributed by atoms with Crippen LogP contribution in [0.4, 0.5) is 17.1 Å². The normalized spacial score (nSPS) is 11.9. The third-order valence-corrected chi connectivity index (χ3v) is 12.1. The number of hydrogen-bond acceptors (Lipinski definition) is 2. The van der Waals surface area contributed by atoms with Crippen LogP contribution < -0.4 is 4.90 Å². The lowest BCUT2D eigenvalue weighted by Crippen LogP contribution is -2.10. The van der Waals surface area contributed by atoms with E-state index in [2.05, 4.69) is 190 Å². The highest BCUT2D eigenvalue weighted by Gasteiger charge is 2.34. The second-order valence-corrected chi connectivity index (χ2v) is 15.4. The number of para-hydroxylation sites is 3. The molecule has 266 valence electrons. The van der Waals surface area contributed by atoms with Crippen LogP contribution in [0.15, 0.2) is 168 Å². The zero-order valence-corrected chi connectivity index (χ0v) is 31.9. The van der Waals surface area contributed by atoms with Gasteiger partial charge in [-0.05, 0) is 165 Å². The molecule has 1 aliphatic carbocycles. The monoisotopic (exact) mass is 717 g/mol. The Kier molecular flexibility index (Phi) is 7.15. The maximum atomic E-state index is 6.61. The van der Waals surface area contributed by atoms with Gasteiger partial charge in [-0.15, -0.1) is 0 Å². The van der Waals surface area contributed by atoms with E-state index in [1.165, 1.54) is 88.3 Å². The Labute approximate surface area is 326 Å². The number of furan rings is 1. The quantitative estimate of drug-likeness (QED) is 0.176. The lowest BCUT2D eigenvalue weighted by Gasteiger charge is -2.34. The minimum atomic E-state index is 0.882. The zero-order valence-electron chi connectivity index (χ0n) is 31.9. The summed E-state index contributed by atoms with van der Waals surface area (Å²) < 4.78 is 6.61. The van der Waals surface area contributed by atoms with Crippen molar-refractivity contribution in [3.8, 4) is 44.5 Å². The van der Waals surface area contributed by atoms with Gasteiger partial charge in [0.15, 0.2) is 5.58 Å². The third-order valence-electron chi connectivity index (χ3n) is 12.1. The molecule has 0 saturated heterocycles. The van der Waals surface area contributed by atoms with Gasteiger partial charge < -0.3 is 9.32 Å². The Morgan fingerprint density at radius 1 is 0.357 bits per heavy atom. The second-order valence-electron chi connectivity index (χ2n) is 15.4. The van der Waals surface area contributed by atoms with Crippen LogP contribution in [0, 0.1) is 27.7 Å². The van der Waals surface area contributed by atoms with E-state index in [4.69, 9.17) is 4.42 Å². The number of fused-ring (bicyclic) bond motifs is 9. The molecule has 1 heterocycles. The molecule has 0 saturated carbocycles. The lowest BCUT2D eigenvalue weighted by molar-refractivity contribution is 0.669. The van der Waals surface area contributed by atoms with E-state index >= 15 is 0 Å². The molecule has 0 atom stereocenters. The van der Waals surface area contributed by atoms with Gasteiger partial charge in [-0.25, -0.2) is 0 Å². The molecule has 0 aliphatic heterocycles. The summed E-state index contributed by atoms with van der Waals surface area (Å²) in [5.74, 6) is 0. The van der Waals surface area contributed by atoms with Crippen molar-refractivity contribution in [2.24, 2.45) is 0 Å². The van der Waals surface area contributed by atoms with Crippen molar-refractivity contribution in [2.75, 3.05) is 4.90 Å². The van der Waals surface area contributed by atoms with Gasteiger partial charge in [-0.2, -0.15) is 0 Å². The summed E-state index contributed by atoms with van der Waals surface area (Å²) in [6.45, 7) is 9.04. The van der Waals surface area contributed by atoms with E-state index in [0.29, 0.717) is 0 Å². The summed E-state index contributed by atoms with van der Waals surface area (Å²) in [5.41, 5.74) is 20.9. The molecule has 2 nitrogen and oxygen atoms in total. The molecule has 0 radical (unpaired) electrons. The van der Waals surface area contributed by atoms with Crippen LogP contribution in [0.2, 0.25) is 0 Å². The fourth-order valence-corrected chi connectivity index (χ4v) is 9.60. The van der Waals surface area contributed by atoms with Crippen molar-refractivity contribution < 1.29 is 4.42 Å². The van der Waals surface area contributed by atoms with Gasteiger partial charge >= 0.3 is 0 Å². The van der Waals surface area contributed by atoms with Gasteiger partial charge in [0.25, 0.3) is 0 Å². The van der Waals surface area contributed by atoms with Crippen LogP contribution >= 0.6 is 0 Å². The first kappa shape index (κ1) is 32.5. The summed E-state index contributed by atoms with van der Waals surface area (Å²) in [4.78, 5) is 2.34. The summed E-state index contributed by atoms with van der Waals surface area (Å²) in [6, 6.07) is 59.7. The summed E-state index contributed by atoms with van der Waals surface area (Å²) in [6.07, 6.45) is 0. The van der Waals surface area contributed by atoms with Gasteiger partial charge in [-0.3, -0.25) is 0 Å². The molecular formula is C54H39NO. The predicted molar refractivity (Wildman–Crippen MR) is 238 cm³/mol. The SMILES string of the molecule is Cc1cccc(C)c1-c1c2c(c(-c3c(C)cccc3C)c3ccccc13)-c1cc3cc(N(c4ccccc4)c4cccc5c4oc4ccccc45)ccc3cc1-2. The van der Waals surface area contributed by atoms with Crippen LogP contribution in [0.1, 0.15) is 22.3 Å². The number of anilines is 3. The van der Waals surface area contributed by atoms with Crippen molar-refractivity contribution in [2.45, 2.75) is 27.7 Å². The van der Waals surface area contributed by atoms with Gasteiger partial charge in [0.1, 0.15) is 5.58 Å². The van der Waals surface area contributed by atoms with Crippen LogP contribution in [0.5, 0.6) is 0 Å². The highest BCUT2D eigenvalue weighted by atomic mass is 16.3. The number of rotatable bonds is 5. The number of benzene rings is 9. The fourth-order valence-electron chi connectivity index (χ4n) is 9.60. The lowest BCUT2D eigenvalue weighted by atomic mass is 9.68. The van der Waals surface area contributed by atoms with Crippen molar-refractivity contribution in [3.05, 3.63) is 186 Å². The molecule has 0 unspecified atom stereocenters. The maximum Gasteiger partial charge on any atom is 0.159 e. The van der Waals surface area contributed by atoms with E-state index in [0.717, 1.165) is 39.0 Å². The standard InChI is InChI=1S/C54H39NO/c1-32-15-12-16-33(2)48(32)50-41-22-8-9-23-42(41)51(49-34(3)17-13-18-35(49)4)53-45-31-37-29-39(28-27-36(37)30-44(45)52(50)53)55(38-19-6-5-7-20-38)46-25-14-24-43-40-21-10-11-26-47(40)56-54(43)46/h5-31H,1-4H3. The van der Waals surface area contributed by atoms with Gasteiger partial charge in [0.2, 0.25) is 0 Å². The predicted octanol–water partition coefficient (Wildman–Crippen LogP) is 15.6. The maximum absolute atomic E-state index is 6.61. The third kappa shape index (κ3) is 4.69. The summed E-state index contributed by atoms with van der Waals surface area (Å²) >= 11 is 0. The Morgan fingerprint density at radius 3 is 1.50 bits per heavy atom. The van der Waals surface area contributed by atoms with Crippen molar-refractivity contribution in [3.63, 3.8) is 0 Å². The van der Waals surface area contributed by atoms with Crippen LogP contribution in [-0.4, -0.2) is 0 Å². The Bertz CT molecular complexity index is 3200. The van der Waals surface area contributed by atoms with Crippen LogP contribution in [-0.2, 0) is 0 Å². The number of nitrogens with zero attached hydrogens (tertiary/aromatic N) is 1. The van der Waals surface area contributed by atoms with Crippen molar-refractivity contribution in [1.82, 2.24) is 0 Å². The number of hydrogen-bond donors (Lipinski definition) is 0. The van der Waals surface area contributed by atoms with Gasteiger partial charge in [0.05, 0.1) is 5.69 Å². The molecule has 0 fully saturated rings. The summed E-state index contributed by atoms with van der Waals surface area (Å²) in [5, 5.41) is 7.28. The molecule has 0 bridgehead atoms. The molecule has 9 aromatic carbocycles. The molecule has 56 heavy (non-hydrogen) atoms. The van der Waals surface area contributed by atoms with Crippen LogP contribution in [0.3, 0.4) is 0 Å². The first-order valence-electron chi connectivity index (χ1n) is 19.5. The Hall–Kier alpha value is -6.90. The molecule has 0 spiro atoms. The van der Waals surface area contributed by atoms with Gasteiger partial charge in [-0.1, -0.05) is 115 Å². The van der Waals surface area contributed by atoms with E-state index in [9.17, 15) is 0 Å². The first-order chi connectivity index (χ1) is 27.5. The molecular weight excluding hydrogens is 679 g/mol. The average Bonchev–Trinajstić information content (AvgIpc) is 3.60. The fraction of sp³-hybridized carbons (Fsp3) is 0.0741. The van der Waals surface area contributed by atoms with E-state index in [1.807, 2.05) is 6.07 Å². The Balaban J connectivity index is 1.18. The molecule has 0 amide bonds. The van der Waals surface area contributed by atoms with Crippen LogP contribution in [0.25, 0.3) is 88.0 Å². The zero-order chi connectivity index (χ0) is 37.7. The highest BCUT2D eigenvalue weighted by Crippen LogP contribution is 2.61. The molecule has 11 rings (SSSR count). The molecule has 1 aromatic heterocycles. The molecule has 10 aromatic rings. The Morgan fingerprint density at radius 2 is 0.875 bits per heavy atom. The van der Waals surface area contributed by atoms with Gasteiger partial charge in [0, 0.05) is 22.1 Å². The minimum Gasteiger partial charge on any atom is -0.454 e. The minimum absolute atomic E-state index is 0.882. The second kappa shape index (κ2) is 12.3. The molecule has 2 heteroatoms. The smallest absolute Gasteiger partial charge is 0.159 e. The molecule has 0 N–H and O–H groups in total. The first-order valence-corrected chi connectivity index (χ1v) is 19.5. The van der Waals surface area contributed by atoms with Crippen molar-refractivity contribution >= 4 is 60.5 Å². The largest absolute Gasteiger partial charge is 0.454 e. The van der Waals surface area contributed by atoms with E-state index in [1.54, 1.807) is 0 Å². The topological polar surface area (TPSA) is 16.4 Å². The highest BCUT2D eigenvalue weighted by molar-refractivity contribution is 6.26.